The Morgan fingerprint density at radius 1 is 1.17 bits per heavy atom. The molecule has 0 unspecified atom stereocenters. The van der Waals surface area contributed by atoms with Crippen LogP contribution in [0.3, 0.4) is 0 Å². The van der Waals surface area contributed by atoms with Crippen molar-refractivity contribution in [2.45, 2.75) is 12.6 Å². The summed E-state index contributed by atoms with van der Waals surface area (Å²) in [6.07, 6.45) is -4.13. The van der Waals surface area contributed by atoms with Crippen LogP contribution in [0.2, 0.25) is 5.02 Å². The highest BCUT2D eigenvalue weighted by atomic mass is 35.5. The first kappa shape index (κ1) is 16.3. The molecule has 0 atom stereocenters. The lowest BCUT2D eigenvalue weighted by Crippen LogP contribution is -2.09. The fraction of sp³-hybridized carbons (Fsp3) is 0.125. The number of nitrogens with zero attached hydrogens (tertiary/aromatic N) is 2. The summed E-state index contributed by atoms with van der Waals surface area (Å²) in [4.78, 5) is 15.4. The highest BCUT2D eigenvalue weighted by Crippen LogP contribution is 2.32. The van der Waals surface area contributed by atoms with E-state index in [0.717, 1.165) is 12.3 Å². The van der Waals surface area contributed by atoms with Crippen molar-refractivity contribution in [3.05, 3.63) is 58.9 Å². The largest absolute Gasteiger partial charge is 0.481 e. The molecule has 0 aliphatic heterocycles. The van der Waals surface area contributed by atoms with Gasteiger partial charge in [-0.3, -0.25) is 4.79 Å². The lowest BCUT2D eigenvalue weighted by Gasteiger charge is -2.08. The monoisotopic (exact) mass is 354 g/mol. The molecule has 0 saturated heterocycles. The molecule has 0 bridgehead atoms. The van der Waals surface area contributed by atoms with Gasteiger partial charge in [-0.1, -0.05) is 23.7 Å². The summed E-state index contributed by atoms with van der Waals surface area (Å²) in [5.41, 5.74) is 0.429. The summed E-state index contributed by atoms with van der Waals surface area (Å²) >= 11 is 5.83. The van der Waals surface area contributed by atoms with E-state index in [-0.39, 0.29) is 11.3 Å². The number of carbonyl (C=O) groups is 1. The van der Waals surface area contributed by atoms with Crippen LogP contribution in [0, 0.1) is 0 Å². The van der Waals surface area contributed by atoms with Gasteiger partial charge in [0.2, 0.25) is 0 Å². The molecule has 3 aromatic rings. The lowest BCUT2D eigenvalue weighted by molar-refractivity contribution is -0.138. The van der Waals surface area contributed by atoms with Crippen LogP contribution in [0.1, 0.15) is 11.3 Å². The lowest BCUT2D eigenvalue weighted by atomic mass is 10.1. The van der Waals surface area contributed by atoms with E-state index in [9.17, 15) is 18.0 Å². The maximum atomic E-state index is 12.9. The van der Waals surface area contributed by atoms with Crippen molar-refractivity contribution in [3.63, 3.8) is 0 Å². The highest BCUT2D eigenvalue weighted by molar-refractivity contribution is 6.30. The summed E-state index contributed by atoms with van der Waals surface area (Å²) in [5.74, 6) is -1.16. The molecule has 2 heterocycles. The maximum absolute atomic E-state index is 12.9. The number of carboxylic acids is 1. The van der Waals surface area contributed by atoms with Crippen LogP contribution in [0.25, 0.3) is 16.9 Å². The zero-order valence-corrected chi connectivity index (χ0v) is 12.8. The van der Waals surface area contributed by atoms with Crippen molar-refractivity contribution in [2.24, 2.45) is 0 Å². The molecule has 1 aromatic carbocycles. The number of alkyl halides is 3. The summed E-state index contributed by atoms with van der Waals surface area (Å²) in [7, 11) is 0. The zero-order chi connectivity index (χ0) is 17.5. The van der Waals surface area contributed by atoms with Crippen LogP contribution >= 0.6 is 11.6 Å². The predicted octanol–water partition coefficient (Wildman–Crippen LogP) is 4.30. The Hall–Kier alpha value is -2.54. The SMILES string of the molecule is O=C(O)Cc1c(-c2ccc(Cl)cc2)nc2ccc(C(F)(F)F)cn12. The van der Waals surface area contributed by atoms with Crippen molar-refractivity contribution in [2.75, 3.05) is 0 Å². The molecule has 0 saturated carbocycles. The smallest absolute Gasteiger partial charge is 0.417 e. The van der Waals surface area contributed by atoms with E-state index in [1.54, 1.807) is 24.3 Å². The van der Waals surface area contributed by atoms with Gasteiger partial charge in [-0.15, -0.1) is 0 Å². The number of hydrogen-bond donors (Lipinski definition) is 1. The van der Waals surface area contributed by atoms with Gasteiger partial charge in [-0.25, -0.2) is 4.98 Å². The average Bonchev–Trinajstić information content (AvgIpc) is 2.84. The molecular formula is C16H10ClF3N2O2. The molecule has 2 aromatic heterocycles. The van der Waals surface area contributed by atoms with Crippen molar-refractivity contribution in [3.8, 4) is 11.3 Å². The van der Waals surface area contributed by atoms with Gasteiger partial charge in [-0.2, -0.15) is 13.2 Å². The second-order valence-corrected chi connectivity index (χ2v) is 5.56. The molecule has 0 aliphatic carbocycles. The molecule has 0 amide bonds. The van der Waals surface area contributed by atoms with Crippen molar-refractivity contribution >= 4 is 23.2 Å². The summed E-state index contributed by atoms with van der Waals surface area (Å²) in [5, 5.41) is 9.59. The minimum Gasteiger partial charge on any atom is -0.481 e. The topological polar surface area (TPSA) is 54.6 Å². The Kier molecular flexibility index (Phi) is 3.96. The fourth-order valence-corrected chi connectivity index (χ4v) is 2.54. The summed E-state index contributed by atoms with van der Waals surface area (Å²) in [6.45, 7) is 0. The molecule has 124 valence electrons. The number of aromatic nitrogens is 2. The second-order valence-electron chi connectivity index (χ2n) is 5.13. The number of carboxylic acid groups (broad SMARTS) is 1. The Labute approximate surface area is 139 Å². The predicted molar refractivity (Wildman–Crippen MR) is 82.0 cm³/mol. The fourth-order valence-electron chi connectivity index (χ4n) is 2.41. The first-order valence-electron chi connectivity index (χ1n) is 6.81. The molecule has 8 heteroatoms. The van der Waals surface area contributed by atoms with E-state index in [4.69, 9.17) is 16.7 Å². The van der Waals surface area contributed by atoms with Gasteiger partial charge < -0.3 is 9.51 Å². The number of halogens is 4. The van der Waals surface area contributed by atoms with Crippen LogP contribution in [-0.4, -0.2) is 20.5 Å². The molecular weight excluding hydrogens is 345 g/mol. The molecule has 0 spiro atoms. The van der Waals surface area contributed by atoms with Crippen LogP contribution < -0.4 is 0 Å². The molecule has 3 rings (SSSR count). The van der Waals surface area contributed by atoms with Gasteiger partial charge in [0, 0.05) is 16.8 Å². The normalized spacial score (nSPS) is 11.8. The zero-order valence-electron chi connectivity index (χ0n) is 12.0. The quantitative estimate of drug-likeness (QED) is 0.763. The summed E-state index contributed by atoms with van der Waals surface area (Å²) < 4.78 is 39.9. The van der Waals surface area contributed by atoms with Gasteiger partial charge in [-0.05, 0) is 24.3 Å². The molecule has 0 fully saturated rings. The highest BCUT2D eigenvalue weighted by Gasteiger charge is 2.31. The van der Waals surface area contributed by atoms with Crippen LogP contribution in [0.5, 0.6) is 0 Å². The van der Waals surface area contributed by atoms with Crippen LogP contribution in [0.15, 0.2) is 42.6 Å². The van der Waals surface area contributed by atoms with E-state index in [2.05, 4.69) is 4.98 Å². The number of benzene rings is 1. The van der Waals surface area contributed by atoms with Gasteiger partial charge in [0.05, 0.1) is 23.4 Å². The number of imidazole rings is 1. The third kappa shape index (κ3) is 3.07. The van der Waals surface area contributed by atoms with E-state index < -0.39 is 24.1 Å². The molecule has 4 nitrogen and oxygen atoms in total. The minimum absolute atomic E-state index is 0.172. The Balaban J connectivity index is 2.25. The van der Waals surface area contributed by atoms with E-state index in [1.165, 1.54) is 10.5 Å². The summed E-state index contributed by atoms with van der Waals surface area (Å²) in [6, 6.07) is 8.62. The Bertz CT molecular complexity index is 917. The first-order chi connectivity index (χ1) is 11.3. The third-order valence-electron chi connectivity index (χ3n) is 3.48. The third-order valence-corrected chi connectivity index (χ3v) is 3.73. The number of pyridine rings is 1. The van der Waals surface area contributed by atoms with Gasteiger partial charge in [0.1, 0.15) is 5.65 Å². The standard InChI is InChI=1S/C16H10ClF3N2O2/c17-11-4-1-9(2-5-11)15-12(7-14(23)24)22-8-10(16(18,19)20)3-6-13(22)21-15/h1-6,8H,7H2,(H,23,24). The number of aliphatic carboxylic acids is 1. The molecule has 0 radical (unpaired) electrons. The van der Waals surface area contributed by atoms with E-state index in [1.807, 2.05) is 0 Å². The number of rotatable bonds is 3. The number of fused-ring (bicyclic) bond motifs is 1. The number of hydrogen-bond acceptors (Lipinski definition) is 2. The molecule has 24 heavy (non-hydrogen) atoms. The Morgan fingerprint density at radius 3 is 2.42 bits per heavy atom. The van der Waals surface area contributed by atoms with Crippen LogP contribution in [-0.2, 0) is 17.4 Å². The first-order valence-corrected chi connectivity index (χ1v) is 7.19. The minimum atomic E-state index is -4.53. The van der Waals surface area contributed by atoms with Crippen molar-refractivity contribution in [1.82, 2.24) is 9.38 Å². The maximum Gasteiger partial charge on any atom is 0.417 e. The Morgan fingerprint density at radius 2 is 1.83 bits per heavy atom. The van der Waals surface area contributed by atoms with E-state index in [0.29, 0.717) is 16.3 Å². The van der Waals surface area contributed by atoms with Crippen LogP contribution in [0.4, 0.5) is 13.2 Å². The van der Waals surface area contributed by atoms with Gasteiger partial charge in [0.15, 0.2) is 0 Å². The van der Waals surface area contributed by atoms with E-state index >= 15 is 0 Å². The van der Waals surface area contributed by atoms with Gasteiger partial charge in [0.25, 0.3) is 0 Å². The second kappa shape index (κ2) is 5.83. The van der Waals surface area contributed by atoms with Crippen molar-refractivity contribution in [1.29, 1.82) is 0 Å². The molecule has 0 aliphatic rings. The van der Waals surface area contributed by atoms with Crippen molar-refractivity contribution < 1.29 is 23.1 Å². The molecule has 1 N–H and O–H groups in total. The average molecular weight is 355 g/mol. The van der Waals surface area contributed by atoms with Gasteiger partial charge >= 0.3 is 12.1 Å².